The summed E-state index contributed by atoms with van der Waals surface area (Å²) in [6.07, 6.45) is 44.9. The van der Waals surface area contributed by atoms with Crippen molar-refractivity contribution in [2.45, 2.75) is 275 Å². The van der Waals surface area contributed by atoms with Crippen molar-refractivity contribution in [1.82, 2.24) is 0 Å². The smallest absolute Gasteiger partial charge is 0.306 e. The molecule has 0 bridgehead atoms. The second kappa shape index (κ2) is 43.9. The molecule has 1 saturated heterocycles. The highest BCUT2D eigenvalue weighted by molar-refractivity contribution is 5.69. The summed E-state index contributed by atoms with van der Waals surface area (Å²) in [5, 5.41) is 40.2. The summed E-state index contributed by atoms with van der Waals surface area (Å²) in [4.78, 5) is 12.8. The summed E-state index contributed by atoms with van der Waals surface area (Å²) in [6, 6.07) is 0. The van der Waals surface area contributed by atoms with Crippen molar-refractivity contribution in [1.29, 1.82) is 0 Å². The summed E-state index contributed by atoms with van der Waals surface area (Å²) in [5.41, 5.74) is 0. The van der Waals surface area contributed by atoms with E-state index in [1.54, 1.807) is 0 Å². The summed E-state index contributed by atoms with van der Waals surface area (Å²) >= 11 is 0. The van der Waals surface area contributed by atoms with Crippen molar-refractivity contribution in [3.05, 3.63) is 24.3 Å². The first kappa shape index (κ1) is 57.7. The van der Waals surface area contributed by atoms with Crippen LogP contribution in [0.15, 0.2) is 24.3 Å². The molecule has 4 N–H and O–H groups in total. The quantitative estimate of drug-likeness (QED) is 0.0268. The molecule has 1 heterocycles. The molecule has 9 nitrogen and oxygen atoms in total. The molecule has 0 spiro atoms. The van der Waals surface area contributed by atoms with Gasteiger partial charge in [-0.25, -0.2) is 0 Å². The van der Waals surface area contributed by atoms with Gasteiger partial charge in [-0.1, -0.05) is 212 Å². The molecule has 1 aliphatic heterocycles. The van der Waals surface area contributed by atoms with Crippen molar-refractivity contribution in [2.24, 2.45) is 0 Å². The molecule has 6 unspecified atom stereocenters. The van der Waals surface area contributed by atoms with Crippen molar-refractivity contribution in [3.63, 3.8) is 0 Å². The maximum Gasteiger partial charge on any atom is 0.306 e. The van der Waals surface area contributed by atoms with E-state index in [1.807, 2.05) is 0 Å². The summed E-state index contributed by atoms with van der Waals surface area (Å²) in [6.45, 7) is 4.57. The minimum atomic E-state index is -1.53. The Morgan fingerprint density at radius 2 is 0.951 bits per heavy atom. The van der Waals surface area contributed by atoms with Crippen LogP contribution >= 0.6 is 0 Å². The van der Waals surface area contributed by atoms with Gasteiger partial charge in [0.15, 0.2) is 6.29 Å². The van der Waals surface area contributed by atoms with Crippen LogP contribution < -0.4 is 0 Å². The number of esters is 1. The molecule has 0 aromatic carbocycles. The lowest BCUT2D eigenvalue weighted by atomic mass is 9.99. The Morgan fingerprint density at radius 1 is 0.525 bits per heavy atom. The predicted octanol–water partition coefficient (Wildman–Crippen LogP) is 12.5. The number of ether oxygens (including phenoxy) is 4. The second-order valence-electron chi connectivity index (χ2n) is 18.0. The summed E-state index contributed by atoms with van der Waals surface area (Å²) in [5.74, 6) is -0.309. The van der Waals surface area contributed by atoms with E-state index in [1.165, 1.54) is 180 Å². The highest BCUT2D eigenvalue weighted by atomic mass is 16.7. The number of aliphatic hydroxyl groups is 4. The highest BCUT2D eigenvalue weighted by Crippen LogP contribution is 2.23. The normalized spacial score (nSPS) is 20.0. The average Bonchev–Trinajstić information content (AvgIpc) is 3.26. The van der Waals surface area contributed by atoms with Crippen LogP contribution in [0.25, 0.3) is 0 Å². The number of hydrogen-bond donors (Lipinski definition) is 4. The number of unbranched alkanes of at least 4 members (excludes halogenated alkanes) is 30. The number of allylic oxidation sites excluding steroid dienone is 4. The number of hydrogen-bond acceptors (Lipinski definition) is 9. The Labute approximate surface area is 375 Å². The van der Waals surface area contributed by atoms with E-state index in [0.717, 1.165) is 38.5 Å². The van der Waals surface area contributed by atoms with Crippen LogP contribution in [0, 0.1) is 0 Å². The van der Waals surface area contributed by atoms with Gasteiger partial charge in [-0.3, -0.25) is 4.79 Å². The third-order valence-electron chi connectivity index (χ3n) is 12.1. The minimum absolute atomic E-state index is 0.110. The van der Waals surface area contributed by atoms with E-state index in [-0.39, 0.29) is 19.2 Å². The van der Waals surface area contributed by atoms with E-state index < -0.39 is 43.4 Å². The standard InChI is InChI=1S/C52H98O9/c1-3-5-7-9-11-13-15-17-19-21-23-24-26-28-30-32-34-36-38-40-42-58-44-46(45-59-52-51(57)50(56)49(55)47(43-53)61-52)60-48(54)41-39-37-35-33-31-29-27-25-22-20-18-16-14-12-10-8-6-4-2/h11,13,17,19,46-47,49-53,55-57H,3-10,12,14-16,18,20-45H2,1-2H3/b13-11-,19-17-. The predicted molar refractivity (Wildman–Crippen MR) is 252 cm³/mol. The van der Waals surface area contributed by atoms with Gasteiger partial charge in [0.25, 0.3) is 0 Å². The van der Waals surface area contributed by atoms with Gasteiger partial charge < -0.3 is 39.4 Å². The molecular formula is C52H98O9. The average molecular weight is 867 g/mol. The maximum atomic E-state index is 12.8. The fraction of sp³-hybridized carbons (Fsp3) is 0.904. The Balaban J connectivity index is 2.19. The molecule has 0 aromatic heterocycles. The Hall–Kier alpha value is -1.33. The Bertz CT molecular complexity index is 988. The largest absolute Gasteiger partial charge is 0.457 e. The van der Waals surface area contributed by atoms with Gasteiger partial charge in [-0.2, -0.15) is 0 Å². The van der Waals surface area contributed by atoms with Crippen LogP contribution in [-0.4, -0.2) is 89.6 Å². The SMILES string of the molecule is CCCCC/C=C\C/C=C\CCCCCCCCCCCCOCC(COC1OC(CO)C(O)C(O)C1O)OC(=O)CCCCCCCCCCCCCCCCCCCC. The van der Waals surface area contributed by atoms with Gasteiger partial charge in [0.1, 0.15) is 30.5 Å². The number of rotatable bonds is 45. The zero-order valence-corrected chi connectivity index (χ0v) is 39.7. The lowest BCUT2D eigenvalue weighted by Crippen LogP contribution is -2.59. The summed E-state index contributed by atoms with van der Waals surface area (Å²) in [7, 11) is 0. The van der Waals surface area contributed by atoms with E-state index in [2.05, 4.69) is 38.2 Å². The van der Waals surface area contributed by atoms with E-state index in [0.29, 0.717) is 13.0 Å². The number of carbonyl (C=O) groups is 1. The molecule has 0 radical (unpaired) electrons. The topological polar surface area (TPSA) is 135 Å². The second-order valence-corrected chi connectivity index (χ2v) is 18.0. The molecule has 0 aliphatic carbocycles. The first-order valence-corrected chi connectivity index (χ1v) is 25.9. The van der Waals surface area contributed by atoms with Gasteiger partial charge in [-0.15, -0.1) is 0 Å². The zero-order valence-electron chi connectivity index (χ0n) is 39.7. The van der Waals surface area contributed by atoms with Gasteiger partial charge in [-0.05, 0) is 44.9 Å². The molecule has 61 heavy (non-hydrogen) atoms. The molecule has 0 amide bonds. The molecule has 0 aromatic rings. The first-order valence-electron chi connectivity index (χ1n) is 25.9. The molecule has 0 saturated carbocycles. The molecular weight excluding hydrogens is 769 g/mol. The van der Waals surface area contributed by atoms with Gasteiger partial charge >= 0.3 is 5.97 Å². The number of aliphatic hydroxyl groups excluding tert-OH is 4. The van der Waals surface area contributed by atoms with Gasteiger partial charge in [0.2, 0.25) is 0 Å². The Kier molecular flexibility index (Phi) is 41.5. The van der Waals surface area contributed by atoms with Crippen molar-refractivity contribution >= 4 is 5.97 Å². The lowest BCUT2D eigenvalue weighted by molar-refractivity contribution is -0.305. The lowest BCUT2D eigenvalue weighted by Gasteiger charge is -2.39. The summed E-state index contributed by atoms with van der Waals surface area (Å²) < 4.78 is 22.9. The van der Waals surface area contributed by atoms with Crippen molar-refractivity contribution in [3.8, 4) is 0 Å². The van der Waals surface area contributed by atoms with Crippen LogP contribution in [0.2, 0.25) is 0 Å². The molecule has 1 aliphatic rings. The van der Waals surface area contributed by atoms with Crippen LogP contribution in [0.1, 0.15) is 239 Å². The zero-order chi connectivity index (χ0) is 44.3. The van der Waals surface area contributed by atoms with Gasteiger partial charge in [0, 0.05) is 13.0 Å². The third kappa shape index (κ3) is 34.7. The van der Waals surface area contributed by atoms with Crippen molar-refractivity contribution < 1.29 is 44.2 Å². The van der Waals surface area contributed by atoms with Crippen LogP contribution in [0.4, 0.5) is 0 Å². The number of carbonyl (C=O) groups excluding carboxylic acids is 1. The molecule has 9 heteroatoms. The van der Waals surface area contributed by atoms with Crippen LogP contribution in [0.3, 0.4) is 0 Å². The third-order valence-corrected chi connectivity index (χ3v) is 12.1. The maximum absolute atomic E-state index is 12.8. The monoisotopic (exact) mass is 867 g/mol. The molecule has 360 valence electrons. The Morgan fingerprint density at radius 3 is 1.44 bits per heavy atom. The fourth-order valence-corrected chi connectivity index (χ4v) is 8.05. The van der Waals surface area contributed by atoms with Crippen molar-refractivity contribution in [2.75, 3.05) is 26.4 Å². The molecule has 6 atom stereocenters. The highest BCUT2D eigenvalue weighted by Gasteiger charge is 2.44. The minimum Gasteiger partial charge on any atom is -0.457 e. The first-order chi connectivity index (χ1) is 29.9. The van der Waals surface area contributed by atoms with Gasteiger partial charge in [0.05, 0.1) is 19.8 Å². The molecule has 1 fully saturated rings. The fourth-order valence-electron chi connectivity index (χ4n) is 8.05. The molecule has 1 rings (SSSR count). The van der Waals surface area contributed by atoms with Crippen LogP contribution in [0.5, 0.6) is 0 Å². The van der Waals surface area contributed by atoms with E-state index in [4.69, 9.17) is 18.9 Å². The van der Waals surface area contributed by atoms with E-state index >= 15 is 0 Å². The van der Waals surface area contributed by atoms with Crippen LogP contribution in [-0.2, 0) is 23.7 Å². The van der Waals surface area contributed by atoms with E-state index in [9.17, 15) is 25.2 Å².